The summed E-state index contributed by atoms with van der Waals surface area (Å²) in [5, 5.41) is 0. The van der Waals surface area contributed by atoms with Crippen LogP contribution in [0.15, 0.2) is 10.5 Å². The van der Waals surface area contributed by atoms with Crippen molar-refractivity contribution in [1.82, 2.24) is 9.80 Å². The van der Waals surface area contributed by atoms with E-state index in [9.17, 15) is 4.79 Å². The number of hydrogen-bond donors (Lipinski definition) is 0. The molecule has 0 atom stereocenters. The van der Waals surface area contributed by atoms with E-state index in [-0.39, 0.29) is 6.09 Å². The third-order valence-electron chi connectivity index (χ3n) is 3.06. The predicted octanol–water partition coefficient (Wildman–Crippen LogP) is 2.63. The van der Waals surface area contributed by atoms with Crippen molar-refractivity contribution in [3.05, 3.63) is 23.2 Å². The number of hydrogen-bond acceptors (Lipinski definition) is 4. The van der Waals surface area contributed by atoms with Crippen molar-refractivity contribution in [1.29, 1.82) is 0 Å². The van der Waals surface area contributed by atoms with Gasteiger partial charge in [-0.15, -0.1) is 0 Å². The van der Waals surface area contributed by atoms with Crippen molar-refractivity contribution in [3.63, 3.8) is 0 Å². The molecule has 1 aliphatic rings. The Hall–Kier alpha value is -1.49. The Bertz CT molecular complexity index is 486. The fourth-order valence-corrected chi connectivity index (χ4v) is 2.25. The van der Waals surface area contributed by atoms with Crippen LogP contribution in [0.4, 0.5) is 4.79 Å². The van der Waals surface area contributed by atoms with Crippen LogP contribution in [0.3, 0.4) is 0 Å². The van der Waals surface area contributed by atoms with Gasteiger partial charge in [-0.2, -0.15) is 0 Å². The number of carbonyl (C=O) groups excluding carboxylic acids is 1. The van der Waals surface area contributed by atoms with Gasteiger partial charge in [-0.1, -0.05) is 0 Å². The van der Waals surface area contributed by atoms with Gasteiger partial charge in [0.05, 0.1) is 13.1 Å². The maximum atomic E-state index is 12.1. The second kappa shape index (κ2) is 5.48. The molecule has 1 aromatic heterocycles. The Kier molecular flexibility index (Phi) is 4.09. The Balaban J connectivity index is 2.03. The second-order valence-electron chi connectivity index (χ2n) is 6.55. The van der Waals surface area contributed by atoms with Crippen LogP contribution in [0.1, 0.15) is 37.9 Å². The van der Waals surface area contributed by atoms with Crippen LogP contribution in [0, 0.1) is 0 Å². The van der Waals surface area contributed by atoms with Gasteiger partial charge in [0.1, 0.15) is 17.1 Å². The van der Waals surface area contributed by atoms with E-state index in [4.69, 9.17) is 9.15 Å². The largest absolute Gasteiger partial charge is 0.463 e. The molecular formula is C15H24N2O3. The van der Waals surface area contributed by atoms with Crippen LogP contribution >= 0.6 is 0 Å². The molecule has 1 aliphatic heterocycles. The van der Waals surface area contributed by atoms with Gasteiger partial charge in [0.15, 0.2) is 0 Å². The lowest BCUT2D eigenvalue weighted by atomic mass is 10.1. The molecule has 2 heterocycles. The third kappa shape index (κ3) is 3.76. The van der Waals surface area contributed by atoms with Crippen molar-refractivity contribution in [2.45, 2.75) is 45.9 Å². The Morgan fingerprint density at radius 3 is 2.75 bits per heavy atom. The second-order valence-corrected chi connectivity index (χ2v) is 6.55. The molecule has 1 aromatic rings. The summed E-state index contributed by atoms with van der Waals surface area (Å²) in [5.41, 5.74) is 0.748. The van der Waals surface area contributed by atoms with Gasteiger partial charge >= 0.3 is 6.09 Å². The average Bonchev–Trinajstić information content (AvgIpc) is 2.66. The minimum Gasteiger partial charge on any atom is -0.463 e. The number of nitrogens with zero attached hydrogens (tertiary/aromatic N) is 2. The van der Waals surface area contributed by atoms with Crippen molar-refractivity contribution in [3.8, 4) is 0 Å². The number of amides is 1. The van der Waals surface area contributed by atoms with Crippen LogP contribution in [-0.2, 0) is 24.2 Å². The molecule has 0 spiro atoms. The van der Waals surface area contributed by atoms with Gasteiger partial charge in [-0.05, 0) is 52.9 Å². The molecule has 5 nitrogen and oxygen atoms in total. The maximum Gasteiger partial charge on any atom is 0.410 e. The molecule has 5 heteroatoms. The smallest absolute Gasteiger partial charge is 0.410 e. The highest BCUT2D eigenvalue weighted by Crippen LogP contribution is 2.24. The average molecular weight is 280 g/mol. The molecule has 0 saturated carbocycles. The lowest BCUT2D eigenvalue weighted by molar-refractivity contribution is 0.0208. The van der Waals surface area contributed by atoms with E-state index in [0.29, 0.717) is 13.1 Å². The predicted molar refractivity (Wildman–Crippen MR) is 76.4 cm³/mol. The molecular weight excluding hydrogens is 256 g/mol. The molecule has 0 bridgehead atoms. The molecule has 0 unspecified atom stereocenters. The van der Waals surface area contributed by atoms with Gasteiger partial charge in [-0.25, -0.2) is 4.79 Å². The summed E-state index contributed by atoms with van der Waals surface area (Å²) in [5.74, 6) is 1.84. The minimum atomic E-state index is -0.462. The molecule has 0 aromatic carbocycles. The van der Waals surface area contributed by atoms with E-state index >= 15 is 0 Å². The molecule has 20 heavy (non-hydrogen) atoms. The van der Waals surface area contributed by atoms with E-state index in [1.54, 1.807) is 4.90 Å². The van der Waals surface area contributed by atoms with Crippen molar-refractivity contribution in [2.75, 3.05) is 20.6 Å². The van der Waals surface area contributed by atoms with Gasteiger partial charge < -0.3 is 19.0 Å². The number of carbonyl (C=O) groups is 1. The summed E-state index contributed by atoms with van der Waals surface area (Å²) in [6.07, 6.45) is 0.555. The minimum absolute atomic E-state index is 0.270. The molecule has 0 saturated heterocycles. The highest BCUT2D eigenvalue weighted by atomic mass is 16.6. The van der Waals surface area contributed by atoms with Crippen LogP contribution in [-0.4, -0.2) is 42.1 Å². The highest BCUT2D eigenvalue weighted by molar-refractivity contribution is 5.68. The van der Waals surface area contributed by atoms with Crippen molar-refractivity contribution < 1.29 is 13.9 Å². The summed E-state index contributed by atoms with van der Waals surface area (Å²) in [7, 11) is 4.02. The van der Waals surface area contributed by atoms with Crippen molar-refractivity contribution in [2.24, 2.45) is 0 Å². The molecule has 0 aliphatic carbocycles. The highest BCUT2D eigenvalue weighted by Gasteiger charge is 2.27. The van der Waals surface area contributed by atoms with E-state index in [1.807, 2.05) is 34.9 Å². The van der Waals surface area contributed by atoms with E-state index in [2.05, 4.69) is 11.0 Å². The molecule has 0 radical (unpaired) electrons. The molecule has 0 N–H and O–H groups in total. The number of fused-ring (bicyclic) bond motifs is 1. The van der Waals surface area contributed by atoms with Gasteiger partial charge in [0, 0.05) is 6.54 Å². The topological polar surface area (TPSA) is 45.9 Å². The molecule has 112 valence electrons. The monoisotopic (exact) mass is 280 g/mol. The van der Waals surface area contributed by atoms with Crippen LogP contribution in [0.2, 0.25) is 0 Å². The number of rotatable bonds is 2. The maximum absolute atomic E-state index is 12.1. The summed E-state index contributed by atoms with van der Waals surface area (Å²) >= 11 is 0. The van der Waals surface area contributed by atoms with E-state index < -0.39 is 5.60 Å². The first-order valence-electron chi connectivity index (χ1n) is 6.98. The number of ether oxygens (including phenoxy) is 1. The standard InChI is InChI=1S/C15H24N2O3/c1-15(2,3)20-14(18)17-7-6-11-8-12(9-16(4)5)19-13(11)10-17/h8H,6-7,9-10H2,1-5H3. The molecule has 2 rings (SSSR count). The first kappa shape index (κ1) is 14.9. The van der Waals surface area contributed by atoms with Gasteiger partial charge in [0.2, 0.25) is 0 Å². The normalized spacial score (nSPS) is 15.4. The fourth-order valence-electron chi connectivity index (χ4n) is 2.25. The van der Waals surface area contributed by atoms with E-state index in [0.717, 1.165) is 24.5 Å². The lowest BCUT2D eigenvalue weighted by Crippen LogP contribution is -2.39. The zero-order valence-corrected chi connectivity index (χ0v) is 13.0. The van der Waals surface area contributed by atoms with Crippen LogP contribution < -0.4 is 0 Å². The zero-order chi connectivity index (χ0) is 14.9. The SMILES string of the molecule is CN(C)Cc1cc2c(o1)CN(C(=O)OC(C)(C)C)CC2. The lowest BCUT2D eigenvalue weighted by Gasteiger charge is -2.29. The van der Waals surface area contributed by atoms with Gasteiger partial charge in [-0.3, -0.25) is 0 Å². The Labute approximate surface area is 120 Å². The van der Waals surface area contributed by atoms with Crippen LogP contribution in [0.5, 0.6) is 0 Å². The number of furan rings is 1. The van der Waals surface area contributed by atoms with Crippen molar-refractivity contribution >= 4 is 6.09 Å². The van der Waals surface area contributed by atoms with Crippen LogP contribution in [0.25, 0.3) is 0 Å². The quantitative estimate of drug-likeness (QED) is 0.835. The fraction of sp³-hybridized carbons (Fsp3) is 0.667. The molecule has 0 fully saturated rings. The first-order valence-corrected chi connectivity index (χ1v) is 6.98. The Morgan fingerprint density at radius 2 is 2.15 bits per heavy atom. The third-order valence-corrected chi connectivity index (χ3v) is 3.06. The Morgan fingerprint density at radius 1 is 1.45 bits per heavy atom. The van der Waals surface area contributed by atoms with E-state index in [1.165, 1.54) is 5.56 Å². The molecule has 1 amide bonds. The van der Waals surface area contributed by atoms with Gasteiger partial charge in [0.25, 0.3) is 0 Å². The summed E-state index contributed by atoms with van der Waals surface area (Å²) in [6.45, 7) is 7.59. The zero-order valence-electron chi connectivity index (χ0n) is 13.0. The first-order chi connectivity index (χ1) is 9.24. The summed E-state index contributed by atoms with van der Waals surface area (Å²) in [4.78, 5) is 15.8. The summed E-state index contributed by atoms with van der Waals surface area (Å²) in [6, 6.07) is 2.10. The summed E-state index contributed by atoms with van der Waals surface area (Å²) < 4.78 is 11.2.